The Hall–Kier alpha value is -1.53. The van der Waals surface area contributed by atoms with Gasteiger partial charge in [0.25, 0.3) is 0 Å². The van der Waals surface area contributed by atoms with Gasteiger partial charge < -0.3 is 10.2 Å². The summed E-state index contributed by atoms with van der Waals surface area (Å²) in [4.78, 5) is 2.32. The lowest BCUT2D eigenvalue weighted by atomic mass is 10.1. The first-order chi connectivity index (χ1) is 7.69. The quantitative estimate of drug-likeness (QED) is 0.820. The highest BCUT2D eigenvalue weighted by molar-refractivity contribution is 5.55. The van der Waals surface area contributed by atoms with E-state index in [2.05, 4.69) is 30.3 Å². The maximum atomic E-state index is 8.87. The minimum Gasteiger partial charge on any atom is -0.381 e. The molecule has 0 aliphatic carbocycles. The molecule has 16 heavy (non-hydrogen) atoms. The van der Waals surface area contributed by atoms with Gasteiger partial charge in [0.1, 0.15) is 0 Å². The normalized spacial score (nSPS) is 20.7. The molecule has 1 saturated heterocycles. The average Bonchev–Trinajstić information content (AvgIpc) is 2.67. The second-order valence-electron chi connectivity index (χ2n) is 4.53. The first-order valence-corrected chi connectivity index (χ1v) is 5.65. The van der Waals surface area contributed by atoms with Crippen molar-refractivity contribution in [1.29, 1.82) is 5.26 Å². The van der Waals surface area contributed by atoms with Crippen LogP contribution >= 0.6 is 0 Å². The minimum absolute atomic E-state index is 0.512. The lowest BCUT2D eigenvalue weighted by Crippen LogP contribution is -2.23. The Bertz CT molecular complexity index is 420. The molecule has 0 spiro atoms. The van der Waals surface area contributed by atoms with Crippen molar-refractivity contribution < 1.29 is 0 Å². The maximum absolute atomic E-state index is 8.87. The third-order valence-electron chi connectivity index (χ3n) is 3.12. The standard InChI is InChI=1S/C13H17N3/c1-10-3-4-11(8-14)7-13(10)15-12-5-6-16(2)9-12/h3-4,7,12,15H,5-6,9H2,1-2H3. The largest absolute Gasteiger partial charge is 0.381 e. The molecule has 84 valence electrons. The van der Waals surface area contributed by atoms with E-state index < -0.39 is 0 Å². The number of hydrogen-bond donors (Lipinski definition) is 1. The Morgan fingerprint density at radius 3 is 2.94 bits per heavy atom. The van der Waals surface area contributed by atoms with E-state index in [1.165, 1.54) is 12.0 Å². The molecule has 1 aromatic rings. The van der Waals surface area contributed by atoms with Crippen LogP contribution in [0.15, 0.2) is 18.2 Å². The summed E-state index contributed by atoms with van der Waals surface area (Å²) in [6.45, 7) is 4.30. The van der Waals surface area contributed by atoms with Crippen LogP contribution in [0.1, 0.15) is 17.5 Å². The van der Waals surface area contributed by atoms with Crippen LogP contribution in [0.25, 0.3) is 0 Å². The summed E-state index contributed by atoms with van der Waals surface area (Å²) in [7, 11) is 2.14. The predicted molar refractivity (Wildman–Crippen MR) is 65.4 cm³/mol. The van der Waals surface area contributed by atoms with Crippen LogP contribution < -0.4 is 5.32 Å². The van der Waals surface area contributed by atoms with Crippen molar-refractivity contribution in [3.05, 3.63) is 29.3 Å². The van der Waals surface area contributed by atoms with Gasteiger partial charge in [0.05, 0.1) is 11.6 Å². The van der Waals surface area contributed by atoms with Gasteiger partial charge in [-0.05, 0) is 44.6 Å². The van der Waals surface area contributed by atoms with Crippen molar-refractivity contribution in [2.24, 2.45) is 0 Å². The first kappa shape index (κ1) is 11.0. The Balaban J connectivity index is 2.12. The molecule has 0 saturated carbocycles. The van der Waals surface area contributed by atoms with Crippen LogP contribution in [-0.4, -0.2) is 31.1 Å². The number of benzene rings is 1. The van der Waals surface area contributed by atoms with Crippen LogP contribution in [0.4, 0.5) is 5.69 Å². The molecule has 1 aliphatic heterocycles. The topological polar surface area (TPSA) is 39.1 Å². The van der Waals surface area contributed by atoms with E-state index in [4.69, 9.17) is 5.26 Å². The predicted octanol–water partition coefficient (Wildman–Crippen LogP) is 1.98. The molecule has 0 bridgehead atoms. The van der Waals surface area contributed by atoms with Gasteiger partial charge in [-0.15, -0.1) is 0 Å². The first-order valence-electron chi connectivity index (χ1n) is 5.65. The number of rotatable bonds is 2. The Morgan fingerprint density at radius 2 is 2.31 bits per heavy atom. The molecule has 1 fully saturated rings. The van der Waals surface area contributed by atoms with Crippen molar-refractivity contribution in [2.45, 2.75) is 19.4 Å². The maximum Gasteiger partial charge on any atom is 0.0992 e. The monoisotopic (exact) mass is 215 g/mol. The zero-order chi connectivity index (χ0) is 11.5. The number of aryl methyl sites for hydroxylation is 1. The van der Waals surface area contributed by atoms with Gasteiger partial charge in [0.2, 0.25) is 0 Å². The third-order valence-corrected chi connectivity index (χ3v) is 3.12. The number of nitriles is 1. The van der Waals surface area contributed by atoms with Crippen molar-refractivity contribution in [3.63, 3.8) is 0 Å². The fourth-order valence-electron chi connectivity index (χ4n) is 2.12. The molecule has 0 amide bonds. The van der Waals surface area contributed by atoms with E-state index in [1.807, 2.05) is 18.2 Å². The molecule has 1 unspecified atom stereocenters. The number of anilines is 1. The van der Waals surface area contributed by atoms with Crippen LogP contribution in [0.2, 0.25) is 0 Å². The summed E-state index contributed by atoms with van der Waals surface area (Å²) in [5.41, 5.74) is 3.02. The fraction of sp³-hybridized carbons (Fsp3) is 0.462. The number of nitrogens with zero attached hydrogens (tertiary/aromatic N) is 2. The Labute approximate surface area is 96.7 Å². The highest BCUT2D eigenvalue weighted by Crippen LogP contribution is 2.20. The van der Waals surface area contributed by atoms with Crippen molar-refractivity contribution >= 4 is 5.69 Å². The van der Waals surface area contributed by atoms with Gasteiger partial charge in [-0.1, -0.05) is 6.07 Å². The van der Waals surface area contributed by atoms with E-state index in [-0.39, 0.29) is 0 Å². The van der Waals surface area contributed by atoms with Crippen LogP contribution in [-0.2, 0) is 0 Å². The molecule has 1 N–H and O–H groups in total. The summed E-state index contributed by atoms with van der Waals surface area (Å²) in [5, 5.41) is 12.4. The van der Waals surface area contributed by atoms with Crippen molar-refractivity contribution in [2.75, 3.05) is 25.5 Å². The van der Waals surface area contributed by atoms with Gasteiger partial charge >= 0.3 is 0 Å². The third kappa shape index (κ3) is 2.34. The second-order valence-corrected chi connectivity index (χ2v) is 4.53. The number of likely N-dealkylation sites (N-methyl/N-ethyl adjacent to an activating group) is 1. The van der Waals surface area contributed by atoms with Gasteiger partial charge in [-0.3, -0.25) is 0 Å². The van der Waals surface area contributed by atoms with Crippen LogP contribution in [0.5, 0.6) is 0 Å². The molecular formula is C13H17N3. The Morgan fingerprint density at radius 1 is 1.50 bits per heavy atom. The summed E-state index contributed by atoms with van der Waals surface area (Å²) in [6, 6.07) is 8.49. The fourth-order valence-corrected chi connectivity index (χ4v) is 2.12. The van der Waals surface area contributed by atoms with E-state index >= 15 is 0 Å². The SMILES string of the molecule is Cc1ccc(C#N)cc1NC1CCN(C)C1. The molecular weight excluding hydrogens is 198 g/mol. The summed E-state index contributed by atoms with van der Waals surface area (Å²) in [6.07, 6.45) is 1.17. The molecule has 0 radical (unpaired) electrons. The van der Waals surface area contributed by atoms with Gasteiger partial charge in [0, 0.05) is 18.3 Å². The van der Waals surface area contributed by atoms with E-state index in [0.29, 0.717) is 6.04 Å². The summed E-state index contributed by atoms with van der Waals surface area (Å²) < 4.78 is 0. The van der Waals surface area contributed by atoms with Gasteiger partial charge in [0.15, 0.2) is 0 Å². The number of nitrogens with one attached hydrogen (secondary N) is 1. The molecule has 2 rings (SSSR count). The zero-order valence-electron chi connectivity index (χ0n) is 9.83. The van der Waals surface area contributed by atoms with E-state index in [9.17, 15) is 0 Å². The van der Waals surface area contributed by atoms with Crippen molar-refractivity contribution in [1.82, 2.24) is 4.90 Å². The highest BCUT2D eigenvalue weighted by Gasteiger charge is 2.19. The lowest BCUT2D eigenvalue weighted by Gasteiger charge is -2.16. The molecule has 1 atom stereocenters. The summed E-state index contributed by atoms with van der Waals surface area (Å²) >= 11 is 0. The zero-order valence-corrected chi connectivity index (χ0v) is 9.83. The molecule has 3 nitrogen and oxygen atoms in total. The van der Waals surface area contributed by atoms with Crippen LogP contribution in [0.3, 0.4) is 0 Å². The molecule has 1 heterocycles. The molecule has 3 heteroatoms. The summed E-state index contributed by atoms with van der Waals surface area (Å²) in [5.74, 6) is 0. The average molecular weight is 215 g/mol. The minimum atomic E-state index is 0.512. The van der Waals surface area contributed by atoms with Gasteiger partial charge in [-0.25, -0.2) is 0 Å². The van der Waals surface area contributed by atoms with Crippen LogP contribution in [0, 0.1) is 18.3 Å². The molecule has 1 aromatic carbocycles. The number of hydrogen-bond acceptors (Lipinski definition) is 3. The smallest absolute Gasteiger partial charge is 0.0992 e. The second kappa shape index (κ2) is 4.54. The highest BCUT2D eigenvalue weighted by atomic mass is 15.2. The lowest BCUT2D eigenvalue weighted by molar-refractivity contribution is 0.414. The molecule has 0 aromatic heterocycles. The molecule has 1 aliphatic rings. The van der Waals surface area contributed by atoms with E-state index in [1.54, 1.807) is 0 Å². The van der Waals surface area contributed by atoms with Gasteiger partial charge in [-0.2, -0.15) is 5.26 Å². The van der Waals surface area contributed by atoms with Crippen molar-refractivity contribution in [3.8, 4) is 6.07 Å². The number of likely N-dealkylation sites (tertiary alicyclic amines) is 1. The Kier molecular flexibility index (Phi) is 3.12. The van der Waals surface area contributed by atoms with E-state index in [0.717, 1.165) is 24.3 Å².